The van der Waals surface area contributed by atoms with Gasteiger partial charge in [0.1, 0.15) is 0 Å². The molecule has 2 atom stereocenters. The Morgan fingerprint density at radius 1 is 1.57 bits per heavy atom. The Balaban J connectivity index is 1.58. The second-order valence-corrected chi connectivity index (χ2v) is 6.97. The van der Waals surface area contributed by atoms with Crippen molar-refractivity contribution in [2.24, 2.45) is 5.92 Å². The fraction of sp³-hybridized carbons (Fsp3) is 0.688. The number of amides is 2. The van der Waals surface area contributed by atoms with Crippen molar-refractivity contribution in [1.82, 2.24) is 15.5 Å². The summed E-state index contributed by atoms with van der Waals surface area (Å²) < 4.78 is 0. The second-order valence-electron chi connectivity index (χ2n) is 6.19. The highest BCUT2D eigenvalue weighted by molar-refractivity contribution is 7.07. The number of carbonyl (C=O) groups is 1. The maximum absolute atomic E-state index is 11.8. The zero-order valence-corrected chi connectivity index (χ0v) is 13.9. The van der Waals surface area contributed by atoms with E-state index in [2.05, 4.69) is 39.3 Å². The van der Waals surface area contributed by atoms with E-state index in [4.69, 9.17) is 0 Å². The van der Waals surface area contributed by atoms with E-state index in [1.807, 2.05) is 6.92 Å². The van der Waals surface area contributed by atoms with Crippen molar-refractivity contribution >= 4 is 17.4 Å². The number of urea groups is 1. The molecule has 1 aliphatic rings. The van der Waals surface area contributed by atoms with E-state index < -0.39 is 0 Å². The lowest BCUT2D eigenvalue weighted by Gasteiger charge is -2.30. The first-order valence-electron chi connectivity index (χ1n) is 7.91. The summed E-state index contributed by atoms with van der Waals surface area (Å²) in [6, 6.07) is 2.22. The molecule has 4 nitrogen and oxygen atoms in total. The molecule has 0 saturated carbocycles. The second kappa shape index (κ2) is 8.39. The number of hydrogen-bond acceptors (Lipinski definition) is 3. The molecule has 1 saturated heterocycles. The summed E-state index contributed by atoms with van der Waals surface area (Å²) in [5, 5.41) is 10.2. The van der Waals surface area contributed by atoms with Crippen LogP contribution in [0.5, 0.6) is 0 Å². The van der Waals surface area contributed by atoms with Gasteiger partial charge in [-0.1, -0.05) is 6.92 Å². The smallest absolute Gasteiger partial charge is 0.315 e. The van der Waals surface area contributed by atoms with Crippen molar-refractivity contribution in [3.8, 4) is 0 Å². The molecule has 2 N–H and O–H groups in total. The monoisotopic (exact) mass is 309 g/mol. The molecule has 5 heteroatoms. The van der Waals surface area contributed by atoms with Crippen LogP contribution in [0.4, 0.5) is 4.79 Å². The Hall–Kier alpha value is -1.07. The highest BCUT2D eigenvalue weighted by atomic mass is 32.1. The molecule has 0 aliphatic carbocycles. The van der Waals surface area contributed by atoms with Gasteiger partial charge in [-0.2, -0.15) is 11.3 Å². The third-order valence-electron chi connectivity index (χ3n) is 3.95. The van der Waals surface area contributed by atoms with Crippen LogP contribution in [0.25, 0.3) is 0 Å². The van der Waals surface area contributed by atoms with Crippen molar-refractivity contribution in [3.63, 3.8) is 0 Å². The van der Waals surface area contributed by atoms with E-state index in [0.717, 1.165) is 32.0 Å². The van der Waals surface area contributed by atoms with Gasteiger partial charge in [0.15, 0.2) is 0 Å². The average Bonchev–Trinajstić information content (AvgIpc) is 2.91. The van der Waals surface area contributed by atoms with E-state index in [1.165, 1.54) is 24.9 Å². The number of likely N-dealkylation sites (tertiary alicyclic amines) is 1. The Kier molecular flexibility index (Phi) is 6.51. The predicted octanol–water partition coefficient (Wildman–Crippen LogP) is 2.71. The molecule has 1 aliphatic heterocycles. The lowest BCUT2D eigenvalue weighted by Crippen LogP contribution is -2.45. The van der Waals surface area contributed by atoms with Gasteiger partial charge in [-0.05, 0) is 61.0 Å². The summed E-state index contributed by atoms with van der Waals surface area (Å²) in [6.07, 6.45) is 3.51. The zero-order chi connectivity index (χ0) is 15.1. The van der Waals surface area contributed by atoms with Gasteiger partial charge in [-0.15, -0.1) is 0 Å². The van der Waals surface area contributed by atoms with Crippen LogP contribution in [0.15, 0.2) is 16.8 Å². The minimum Gasteiger partial charge on any atom is -0.337 e. The molecule has 0 bridgehead atoms. The molecule has 1 aromatic heterocycles. The van der Waals surface area contributed by atoms with Crippen LogP contribution in [-0.4, -0.2) is 43.2 Å². The van der Waals surface area contributed by atoms with Crippen molar-refractivity contribution in [1.29, 1.82) is 0 Å². The fourth-order valence-corrected chi connectivity index (χ4v) is 3.59. The highest BCUT2D eigenvalue weighted by Crippen LogP contribution is 2.14. The maximum atomic E-state index is 11.8. The molecule has 21 heavy (non-hydrogen) atoms. The summed E-state index contributed by atoms with van der Waals surface area (Å²) in [5.74, 6) is 0.790. The van der Waals surface area contributed by atoms with E-state index in [0.29, 0.717) is 0 Å². The predicted molar refractivity (Wildman–Crippen MR) is 88.9 cm³/mol. The molecule has 0 radical (unpaired) electrons. The van der Waals surface area contributed by atoms with Crippen molar-refractivity contribution in [2.45, 2.75) is 39.2 Å². The molecule has 0 unspecified atom stereocenters. The molecular weight excluding hydrogens is 282 g/mol. The number of hydrogen-bond donors (Lipinski definition) is 2. The average molecular weight is 309 g/mol. The molecular formula is C16H27N3OS. The summed E-state index contributed by atoms with van der Waals surface area (Å²) >= 11 is 1.70. The van der Waals surface area contributed by atoms with Gasteiger partial charge in [0.2, 0.25) is 0 Å². The van der Waals surface area contributed by atoms with Crippen LogP contribution >= 0.6 is 11.3 Å². The van der Waals surface area contributed by atoms with E-state index in [-0.39, 0.29) is 12.1 Å². The molecule has 2 heterocycles. The van der Waals surface area contributed by atoms with Gasteiger partial charge in [0, 0.05) is 25.7 Å². The van der Waals surface area contributed by atoms with E-state index in [1.54, 1.807) is 11.3 Å². The first-order chi connectivity index (χ1) is 10.1. The number of thiophene rings is 1. The first-order valence-corrected chi connectivity index (χ1v) is 8.85. The number of carbonyl (C=O) groups excluding carboxylic acids is 1. The van der Waals surface area contributed by atoms with Gasteiger partial charge in [0.25, 0.3) is 0 Å². The largest absolute Gasteiger partial charge is 0.337 e. The fourth-order valence-electron chi connectivity index (χ4n) is 2.91. The Morgan fingerprint density at radius 2 is 2.43 bits per heavy atom. The maximum Gasteiger partial charge on any atom is 0.315 e. The standard InChI is InChI=1S/C16H27N3OS/c1-13-4-3-7-19(11-13)8-6-17-16(20)18-14(2)10-15-5-9-21-12-15/h5,9,12-14H,3-4,6-8,10-11H2,1-2H3,(H2,17,18,20)/t13-,14-/m0/s1. The van der Waals surface area contributed by atoms with Crippen LogP contribution in [-0.2, 0) is 6.42 Å². The molecule has 1 aromatic rings. The van der Waals surface area contributed by atoms with Crippen LogP contribution < -0.4 is 10.6 Å². The normalized spacial score (nSPS) is 21.0. The van der Waals surface area contributed by atoms with E-state index >= 15 is 0 Å². The highest BCUT2D eigenvalue weighted by Gasteiger charge is 2.16. The number of rotatable bonds is 6. The van der Waals surface area contributed by atoms with Crippen molar-refractivity contribution < 1.29 is 4.79 Å². The molecule has 0 spiro atoms. The third-order valence-corrected chi connectivity index (χ3v) is 4.69. The molecule has 118 valence electrons. The molecule has 2 amide bonds. The van der Waals surface area contributed by atoms with Gasteiger partial charge in [-0.3, -0.25) is 0 Å². The lowest BCUT2D eigenvalue weighted by atomic mass is 10.0. The lowest BCUT2D eigenvalue weighted by molar-refractivity contribution is 0.183. The van der Waals surface area contributed by atoms with Gasteiger partial charge >= 0.3 is 6.03 Å². The SMILES string of the molecule is C[C@H]1CCCN(CCNC(=O)N[C@@H](C)Cc2ccsc2)C1. The van der Waals surface area contributed by atoms with Crippen LogP contribution in [0.1, 0.15) is 32.3 Å². The Bertz CT molecular complexity index is 421. The van der Waals surface area contributed by atoms with Crippen molar-refractivity contribution in [3.05, 3.63) is 22.4 Å². The van der Waals surface area contributed by atoms with Crippen LogP contribution in [0.2, 0.25) is 0 Å². The van der Waals surface area contributed by atoms with Gasteiger partial charge in [0.05, 0.1) is 0 Å². The van der Waals surface area contributed by atoms with E-state index in [9.17, 15) is 4.79 Å². The quantitative estimate of drug-likeness (QED) is 0.848. The van der Waals surface area contributed by atoms with Gasteiger partial charge < -0.3 is 15.5 Å². The topological polar surface area (TPSA) is 44.4 Å². The number of nitrogens with zero attached hydrogens (tertiary/aromatic N) is 1. The molecule has 2 rings (SSSR count). The Labute approximate surface area is 131 Å². The number of piperidine rings is 1. The van der Waals surface area contributed by atoms with Gasteiger partial charge in [-0.25, -0.2) is 4.79 Å². The summed E-state index contributed by atoms with van der Waals surface area (Å²) in [6.45, 7) is 8.36. The van der Waals surface area contributed by atoms with Crippen molar-refractivity contribution in [2.75, 3.05) is 26.2 Å². The summed E-state index contributed by atoms with van der Waals surface area (Å²) in [4.78, 5) is 14.3. The minimum atomic E-state index is -0.0530. The summed E-state index contributed by atoms with van der Waals surface area (Å²) in [5.41, 5.74) is 1.29. The number of nitrogens with one attached hydrogen (secondary N) is 2. The summed E-state index contributed by atoms with van der Waals surface area (Å²) in [7, 11) is 0. The Morgan fingerprint density at radius 3 is 3.14 bits per heavy atom. The van der Waals surface area contributed by atoms with Crippen LogP contribution in [0, 0.1) is 5.92 Å². The molecule has 0 aromatic carbocycles. The van der Waals surface area contributed by atoms with Crippen LogP contribution in [0.3, 0.4) is 0 Å². The minimum absolute atomic E-state index is 0.0530. The third kappa shape index (κ3) is 6.06. The zero-order valence-electron chi connectivity index (χ0n) is 13.1. The first kappa shape index (κ1) is 16.3. The molecule has 1 fully saturated rings.